The molecule has 1 fully saturated rings. The molecule has 2 N–H and O–H groups in total. The molecule has 134 valence electrons. The number of esters is 1. The number of carbonyl (C=O) groups excluding carboxylic acids is 1. The van der Waals surface area contributed by atoms with E-state index < -0.39 is 0 Å². The van der Waals surface area contributed by atoms with Crippen LogP contribution >= 0.6 is 0 Å². The van der Waals surface area contributed by atoms with Gasteiger partial charge < -0.3 is 15.4 Å². The standard InChI is InChI=1S/C18H35N3O2/c1-15(2)13-18(10-6-7-11-18)14-21-17(19-3)20-12-8-5-9-16(22)23-4/h15H,5-14H2,1-4H3,(H2,19,20,21). The van der Waals surface area contributed by atoms with Crippen molar-refractivity contribution in [3.05, 3.63) is 0 Å². The molecule has 5 nitrogen and oxygen atoms in total. The molecule has 1 rings (SSSR count). The van der Waals surface area contributed by atoms with Gasteiger partial charge >= 0.3 is 5.97 Å². The van der Waals surface area contributed by atoms with Crippen molar-refractivity contribution in [2.24, 2.45) is 16.3 Å². The van der Waals surface area contributed by atoms with Gasteiger partial charge in [-0.05, 0) is 43.4 Å². The molecule has 0 radical (unpaired) electrons. The highest BCUT2D eigenvalue weighted by atomic mass is 16.5. The number of rotatable bonds is 9. The lowest BCUT2D eigenvalue weighted by Crippen LogP contribution is -2.43. The first-order valence-electron chi connectivity index (χ1n) is 9.03. The molecule has 0 saturated heterocycles. The minimum absolute atomic E-state index is 0.135. The maximum Gasteiger partial charge on any atom is 0.305 e. The van der Waals surface area contributed by atoms with Crippen molar-refractivity contribution in [3.8, 4) is 0 Å². The summed E-state index contributed by atoms with van der Waals surface area (Å²) in [4.78, 5) is 15.4. The average molecular weight is 325 g/mol. The fraction of sp³-hybridized carbons (Fsp3) is 0.889. The first-order valence-corrected chi connectivity index (χ1v) is 9.03. The second-order valence-electron chi connectivity index (χ2n) is 7.19. The van der Waals surface area contributed by atoms with E-state index in [-0.39, 0.29) is 5.97 Å². The lowest BCUT2D eigenvalue weighted by molar-refractivity contribution is -0.140. The molecule has 1 aliphatic rings. The number of hydrogen-bond donors (Lipinski definition) is 2. The van der Waals surface area contributed by atoms with E-state index in [1.165, 1.54) is 39.2 Å². The van der Waals surface area contributed by atoms with Crippen molar-refractivity contribution < 1.29 is 9.53 Å². The van der Waals surface area contributed by atoms with Crippen molar-refractivity contribution in [3.63, 3.8) is 0 Å². The maximum atomic E-state index is 11.1. The summed E-state index contributed by atoms with van der Waals surface area (Å²) in [5.41, 5.74) is 0.441. The van der Waals surface area contributed by atoms with Crippen LogP contribution in [0.15, 0.2) is 4.99 Å². The van der Waals surface area contributed by atoms with Gasteiger partial charge in [-0.2, -0.15) is 0 Å². The van der Waals surface area contributed by atoms with Gasteiger partial charge in [-0.15, -0.1) is 0 Å². The van der Waals surface area contributed by atoms with Gasteiger partial charge in [0, 0.05) is 26.6 Å². The molecular formula is C18H35N3O2. The second-order valence-corrected chi connectivity index (χ2v) is 7.19. The molecule has 0 spiro atoms. The highest BCUT2D eigenvalue weighted by molar-refractivity contribution is 5.79. The number of methoxy groups -OCH3 is 1. The van der Waals surface area contributed by atoms with E-state index in [4.69, 9.17) is 0 Å². The maximum absolute atomic E-state index is 11.1. The smallest absolute Gasteiger partial charge is 0.305 e. The van der Waals surface area contributed by atoms with Crippen LogP contribution in [0.5, 0.6) is 0 Å². The molecule has 5 heteroatoms. The third-order valence-electron chi connectivity index (χ3n) is 4.69. The Morgan fingerprint density at radius 3 is 2.48 bits per heavy atom. The topological polar surface area (TPSA) is 62.7 Å². The summed E-state index contributed by atoms with van der Waals surface area (Å²) in [7, 11) is 3.25. The van der Waals surface area contributed by atoms with E-state index >= 15 is 0 Å². The van der Waals surface area contributed by atoms with Crippen LogP contribution in [0.2, 0.25) is 0 Å². The number of unbranched alkanes of at least 4 members (excludes halogenated alkanes) is 1. The van der Waals surface area contributed by atoms with E-state index in [0.29, 0.717) is 11.8 Å². The number of aliphatic imine (C=N–C) groups is 1. The largest absolute Gasteiger partial charge is 0.469 e. The molecule has 0 unspecified atom stereocenters. The van der Waals surface area contributed by atoms with Gasteiger partial charge in [0.1, 0.15) is 0 Å². The molecule has 0 bridgehead atoms. The van der Waals surface area contributed by atoms with Gasteiger partial charge in [0.15, 0.2) is 5.96 Å². The molecule has 1 saturated carbocycles. The van der Waals surface area contributed by atoms with Crippen LogP contribution in [-0.2, 0) is 9.53 Å². The fourth-order valence-corrected chi connectivity index (χ4v) is 3.64. The molecular weight excluding hydrogens is 290 g/mol. The zero-order valence-electron chi connectivity index (χ0n) is 15.4. The average Bonchev–Trinajstić information content (AvgIpc) is 2.97. The third kappa shape index (κ3) is 7.71. The van der Waals surface area contributed by atoms with Crippen molar-refractivity contribution in [1.29, 1.82) is 0 Å². The number of hydrogen-bond acceptors (Lipinski definition) is 3. The number of nitrogens with one attached hydrogen (secondary N) is 2. The van der Waals surface area contributed by atoms with Crippen LogP contribution in [0.25, 0.3) is 0 Å². The summed E-state index contributed by atoms with van der Waals surface area (Å²) in [5, 5.41) is 6.86. The van der Waals surface area contributed by atoms with Crippen LogP contribution in [0.1, 0.15) is 65.2 Å². The van der Waals surface area contributed by atoms with Crippen molar-refractivity contribution in [2.75, 3.05) is 27.2 Å². The predicted molar refractivity (Wildman–Crippen MR) is 95.6 cm³/mol. The zero-order chi connectivity index (χ0) is 17.1. The number of ether oxygens (including phenoxy) is 1. The molecule has 0 aromatic rings. The van der Waals surface area contributed by atoms with Crippen LogP contribution in [0.4, 0.5) is 0 Å². The summed E-state index contributed by atoms with van der Waals surface area (Å²) in [6, 6.07) is 0. The third-order valence-corrected chi connectivity index (χ3v) is 4.69. The van der Waals surface area contributed by atoms with E-state index in [1.54, 1.807) is 0 Å². The highest BCUT2D eigenvalue weighted by Gasteiger charge is 2.34. The Bertz CT molecular complexity index is 374. The Balaban J connectivity index is 2.28. The van der Waals surface area contributed by atoms with Gasteiger partial charge in [0.2, 0.25) is 0 Å². The van der Waals surface area contributed by atoms with Crippen LogP contribution in [-0.4, -0.2) is 39.2 Å². The summed E-state index contributed by atoms with van der Waals surface area (Å²) in [6.07, 6.45) is 8.92. The molecule has 1 aliphatic carbocycles. The zero-order valence-corrected chi connectivity index (χ0v) is 15.4. The van der Waals surface area contributed by atoms with Gasteiger partial charge in [0.25, 0.3) is 0 Å². The van der Waals surface area contributed by atoms with E-state index in [9.17, 15) is 4.79 Å². The lowest BCUT2D eigenvalue weighted by atomic mass is 9.78. The number of guanidine groups is 1. The fourth-order valence-electron chi connectivity index (χ4n) is 3.64. The molecule has 0 amide bonds. The minimum atomic E-state index is -0.135. The molecule has 0 heterocycles. The molecule has 0 aromatic carbocycles. The van der Waals surface area contributed by atoms with Gasteiger partial charge in [-0.1, -0.05) is 26.7 Å². The van der Waals surface area contributed by atoms with Crippen LogP contribution in [0, 0.1) is 11.3 Å². The van der Waals surface area contributed by atoms with Crippen LogP contribution < -0.4 is 10.6 Å². The molecule has 0 atom stereocenters. The highest BCUT2D eigenvalue weighted by Crippen LogP contribution is 2.42. The Hall–Kier alpha value is -1.26. The first kappa shape index (κ1) is 19.8. The summed E-state index contributed by atoms with van der Waals surface area (Å²) in [5.74, 6) is 1.48. The summed E-state index contributed by atoms with van der Waals surface area (Å²) in [6.45, 7) is 6.46. The van der Waals surface area contributed by atoms with Crippen LogP contribution in [0.3, 0.4) is 0 Å². The summed E-state index contributed by atoms with van der Waals surface area (Å²) < 4.78 is 4.64. The number of carbonyl (C=O) groups is 1. The lowest BCUT2D eigenvalue weighted by Gasteiger charge is -2.31. The monoisotopic (exact) mass is 325 g/mol. The Morgan fingerprint density at radius 2 is 1.91 bits per heavy atom. The number of nitrogens with zero attached hydrogens (tertiary/aromatic N) is 1. The van der Waals surface area contributed by atoms with E-state index in [2.05, 4.69) is 34.2 Å². The molecule has 0 aliphatic heterocycles. The van der Waals surface area contributed by atoms with Crippen molar-refractivity contribution in [1.82, 2.24) is 10.6 Å². The van der Waals surface area contributed by atoms with Crippen molar-refractivity contribution in [2.45, 2.75) is 65.2 Å². The van der Waals surface area contributed by atoms with Gasteiger partial charge in [-0.3, -0.25) is 9.79 Å². The predicted octanol–water partition coefficient (Wildman–Crippen LogP) is 3.10. The van der Waals surface area contributed by atoms with Gasteiger partial charge in [-0.25, -0.2) is 0 Å². The SMILES string of the molecule is CN=C(NCCCCC(=O)OC)NCC1(CC(C)C)CCCC1. The Labute approximate surface area is 141 Å². The Kier molecular flexibility index (Phi) is 9.03. The van der Waals surface area contributed by atoms with E-state index in [0.717, 1.165) is 37.8 Å². The Morgan fingerprint density at radius 1 is 1.22 bits per heavy atom. The normalized spacial score (nSPS) is 17.3. The minimum Gasteiger partial charge on any atom is -0.469 e. The quantitative estimate of drug-likeness (QED) is 0.296. The van der Waals surface area contributed by atoms with Gasteiger partial charge in [0.05, 0.1) is 7.11 Å². The summed E-state index contributed by atoms with van der Waals surface area (Å²) >= 11 is 0. The van der Waals surface area contributed by atoms with Crippen molar-refractivity contribution >= 4 is 11.9 Å². The first-order chi connectivity index (χ1) is 11.0. The second kappa shape index (κ2) is 10.5. The molecule has 23 heavy (non-hydrogen) atoms. The van der Waals surface area contributed by atoms with E-state index in [1.807, 2.05) is 7.05 Å². The molecule has 0 aromatic heterocycles.